The van der Waals surface area contributed by atoms with E-state index in [-0.39, 0.29) is 5.91 Å². The molecule has 0 unspecified atom stereocenters. The Morgan fingerprint density at radius 1 is 1.06 bits per heavy atom. The third kappa shape index (κ3) is 5.21. The number of piperidine rings is 1. The Morgan fingerprint density at radius 3 is 2.45 bits per heavy atom. The number of methoxy groups -OCH3 is 1. The molecule has 0 N–H and O–H groups in total. The van der Waals surface area contributed by atoms with Gasteiger partial charge in [-0.25, -0.2) is 4.98 Å². The largest absolute Gasteiger partial charge is 0.497 e. The zero-order valence-electron chi connectivity index (χ0n) is 19.0. The fourth-order valence-electron chi connectivity index (χ4n) is 4.76. The molecule has 168 valence electrons. The number of amides is 1. The lowest BCUT2D eigenvalue weighted by Gasteiger charge is -2.34. The molecule has 2 aliphatic heterocycles. The van der Waals surface area contributed by atoms with Gasteiger partial charge in [-0.15, -0.1) is 0 Å². The highest BCUT2D eigenvalue weighted by Crippen LogP contribution is 2.24. The number of aromatic nitrogens is 1. The van der Waals surface area contributed by atoms with Crippen LogP contribution in [0.3, 0.4) is 0 Å². The molecule has 0 spiro atoms. The maximum absolute atomic E-state index is 12.8. The Hall–Kier alpha value is -2.54. The van der Waals surface area contributed by atoms with Crippen LogP contribution >= 0.6 is 0 Å². The van der Waals surface area contributed by atoms with Crippen molar-refractivity contribution in [2.45, 2.75) is 33.1 Å². The second kappa shape index (κ2) is 9.73. The molecule has 2 fully saturated rings. The van der Waals surface area contributed by atoms with Crippen molar-refractivity contribution in [2.24, 2.45) is 5.92 Å². The van der Waals surface area contributed by atoms with Gasteiger partial charge in [0.1, 0.15) is 5.75 Å². The van der Waals surface area contributed by atoms with E-state index in [2.05, 4.69) is 26.9 Å². The summed E-state index contributed by atoms with van der Waals surface area (Å²) in [6.45, 7) is 10.7. The van der Waals surface area contributed by atoms with Crippen molar-refractivity contribution < 1.29 is 13.9 Å². The van der Waals surface area contributed by atoms with Crippen molar-refractivity contribution in [2.75, 3.05) is 57.8 Å². The van der Waals surface area contributed by atoms with Gasteiger partial charge >= 0.3 is 0 Å². The molecule has 1 aromatic heterocycles. The maximum atomic E-state index is 12.8. The lowest BCUT2D eigenvalue weighted by molar-refractivity contribution is 0.0635. The summed E-state index contributed by atoms with van der Waals surface area (Å²) in [5.74, 6) is 2.50. The van der Waals surface area contributed by atoms with Crippen LogP contribution in [0.25, 0.3) is 0 Å². The molecule has 3 heterocycles. The van der Waals surface area contributed by atoms with Crippen LogP contribution in [0.1, 0.15) is 41.4 Å². The van der Waals surface area contributed by atoms with Crippen molar-refractivity contribution >= 4 is 11.6 Å². The lowest BCUT2D eigenvalue weighted by Crippen LogP contribution is -2.42. The molecule has 0 bridgehead atoms. The summed E-state index contributed by atoms with van der Waals surface area (Å²) in [6, 6.07) is 8.38. The van der Waals surface area contributed by atoms with Crippen molar-refractivity contribution in [1.82, 2.24) is 14.8 Å². The molecule has 0 radical (unpaired) electrons. The van der Waals surface area contributed by atoms with Gasteiger partial charge in [-0.05, 0) is 62.9 Å². The highest BCUT2D eigenvalue weighted by Gasteiger charge is 2.28. The van der Waals surface area contributed by atoms with E-state index in [0.29, 0.717) is 23.3 Å². The first-order valence-electron chi connectivity index (χ1n) is 11.4. The van der Waals surface area contributed by atoms with Crippen LogP contribution in [0.2, 0.25) is 0 Å². The molecule has 0 aliphatic carbocycles. The Kier molecular flexibility index (Phi) is 6.80. The quantitative estimate of drug-likeness (QED) is 0.731. The molecule has 7 heteroatoms. The average Bonchev–Trinajstić information content (AvgIpc) is 2.98. The Balaban J connectivity index is 1.25. The van der Waals surface area contributed by atoms with Gasteiger partial charge in [0.15, 0.2) is 5.89 Å². The number of benzene rings is 1. The first-order chi connectivity index (χ1) is 15.0. The number of nitrogens with zero attached hydrogens (tertiary/aromatic N) is 4. The summed E-state index contributed by atoms with van der Waals surface area (Å²) in [7, 11) is 1.70. The minimum atomic E-state index is -0.0125. The number of rotatable bonds is 5. The van der Waals surface area contributed by atoms with E-state index >= 15 is 0 Å². The highest BCUT2D eigenvalue weighted by atomic mass is 16.5. The molecule has 0 saturated carbocycles. The summed E-state index contributed by atoms with van der Waals surface area (Å²) in [5.41, 5.74) is 1.96. The predicted molar refractivity (Wildman–Crippen MR) is 121 cm³/mol. The molecule has 31 heavy (non-hydrogen) atoms. The Bertz CT molecular complexity index is 871. The van der Waals surface area contributed by atoms with Crippen LogP contribution in [0.5, 0.6) is 5.75 Å². The molecule has 4 rings (SSSR count). The predicted octanol–water partition coefficient (Wildman–Crippen LogP) is 3.36. The molecular weight excluding hydrogens is 392 g/mol. The number of oxazole rings is 1. The zero-order chi connectivity index (χ0) is 21.8. The van der Waals surface area contributed by atoms with Crippen LogP contribution in [-0.4, -0.2) is 73.6 Å². The molecule has 0 atom stereocenters. The van der Waals surface area contributed by atoms with Gasteiger partial charge in [0.2, 0.25) is 5.76 Å². The van der Waals surface area contributed by atoms with Gasteiger partial charge in [-0.2, -0.15) is 0 Å². The monoisotopic (exact) mass is 426 g/mol. The van der Waals surface area contributed by atoms with E-state index in [9.17, 15) is 4.79 Å². The molecule has 1 aromatic carbocycles. The minimum absolute atomic E-state index is 0.0125. The van der Waals surface area contributed by atoms with E-state index in [0.717, 1.165) is 64.4 Å². The lowest BCUT2D eigenvalue weighted by atomic mass is 9.96. The average molecular weight is 427 g/mol. The van der Waals surface area contributed by atoms with Gasteiger partial charge in [0.25, 0.3) is 5.91 Å². The third-order valence-corrected chi connectivity index (χ3v) is 6.54. The normalized spacial score (nSPS) is 18.8. The van der Waals surface area contributed by atoms with Gasteiger partial charge in [-0.3, -0.25) is 4.79 Å². The van der Waals surface area contributed by atoms with Crippen LogP contribution in [0.15, 0.2) is 28.7 Å². The van der Waals surface area contributed by atoms with Gasteiger partial charge in [-0.1, -0.05) is 0 Å². The summed E-state index contributed by atoms with van der Waals surface area (Å²) in [6.07, 6.45) is 3.28. The SMILES string of the molecule is COc1ccc(N2CCCN(CC3CCN(C(=O)c4oc(C)nc4C)CC3)CC2)cc1. The molecule has 2 aliphatic rings. The summed E-state index contributed by atoms with van der Waals surface area (Å²) < 4.78 is 10.8. The van der Waals surface area contributed by atoms with E-state index < -0.39 is 0 Å². The summed E-state index contributed by atoms with van der Waals surface area (Å²) >= 11 is 0. The first kappa shape index (κ1) is 21.7. The van der Waals surface area contributed by atoms with Gasteiger partial charge in [0, 0.05) is 51.9 Å². The summed E-state index contributed by atoms with van der Waals surface area (Å²) in [5, 5.41) is 0. The number of ether oxygens (including phenoxy) is 1. The third-order valence-electron chi connectivity index (χ3n) is 6.54. The molecule has 2 saturated heterocycles. The standard InChI is InChI=1S/C24H34N4O3/c1-18-23(31-19(2)25-18)24(29)28-13-9-20(10-14-28)17-26-11-4-12-27(16-15-26)21-5-7-22(30-3)8-6-21/h5-8,20H,4,9-17H2,1-3H3. The fourth-order valence-corrected chi connectivity index (χ4v) is 4.76. The van der Waals surface area contributed by atoms with E-state index in [1.54, 1.807) is 14.0 Å². The van der Waals surface area contributed by atoms with Crippen molar-refractivity contribution in [3.63, 3.8) is 0 Å². The second-order valence-electron chi connectivity index (χ2n) is 8.72. The number of hydrogen-bond donors (Lipinski definition) is 0. The smallest absolute Gasteiger partial charge is 0.291 e. The van der Waals surface area contributed by atoms with Crippen LogP contribution in [0.4, 0.5) is 5.69 Å². The molecule has 2 aromatic rings. The first-order valence-corrected chi connectivity index (χ1v) is 11.4. The Labute approximate surface area is 185 Å². The van der Waals surface area contributed by atoms with Gasteiger partial charge in [0.05, 0.1) is 12.8 Å². The van der Waals surface area contributed by atoms with Crippen LogP contribution in [-0.2, 0) is 0 Å². The molecule has 1 amide bonds. The topological polar surface area (TPSA) is 62.1 Å². The maximum Gasteiger partial charge on any atom is 0.291 e. The van der Waals surface area contributed by atoms with Gasteiger partial charge < -0.3 is 23.9 Å². The van der Waals surface area contributed by atoms with E-state index in [1.165, 1.54) is 12.1 Å². The number of likely N-dealkylation sites (tertiary alicyclic amines) is 1. The second-order valence-corrected chi connectivity index (χ2v) is 8.72. The minimum Gasteiger partial charge on any atom is -0.497 e. The number of carbonyl (C=O) groups excluding carboxylic acids is 1. The summed E-state index contributed by atoms with van der Waals surface area (Å²) in [4.78, 5) is 24.0. The van der Waals surface area contributed by atoms with Crippen molar-refractivity contribution in [1.29, 1.82) is 0 Å². The number of aryl methyl sites for hydroxylation is 2. The fraction of sp³-hybridized carbons (Fsp3) is 0.583. The molecular formula is C24H34N4O3. The van der Waals surface area contributed by atoms with Crippen molar-refractivity contribution in [3.8, 4) is 5.75 Å². The van der Waals surface area contributed by atoms with Crippen molar-refractivity contribution in [3.05, 3.63) is 41.6 Å². The van der Waals surface area contributed by atoms with Crippen LogP contribution in [0, 0.1) is 19.8 Å². The zero-order valence-corrected chi connectivity index (χ0v) is 19.0. The number of hydrogen-bond acceptors (Lipinski definition) is 6. The molecule has 7 nitrogen and oxygen atoms in total. The van der Waals surface area contributed by atoms with E-state index in [1.807, 2.05) is 24.0 Å². The highest BCUT2D eigenvalue weighted by molar-refractivity contribution is 5.92. The number of anilines is 1. The Morgan fingerprint density at radius 2 is 1.81 bits per heavy atom. The van der Waals surface area contributed by atoms with E-state index in [4.69, 9.17) is 9.15 Å². The van der Waals surface area contributed by atoms with Crippen LogP contribution < -0.4 is 9.64 Å². The number of carbonyl (C=O) groups is 1.